The van der Waals surface area contributed by atoms with Gasteiger partial charge in [0.05, 0.1) is 11.4 Å². The fourth-order valence-electron chi connectivity index (χ4n) is 3.95. The van der Waals surface area contributed by atoms with Gasteiger partial charge in [0, 0.05) is 39.6 Å². The van der Waals surface area contributed by atoms with E-state index in [-0.39, 0.29) is 11.7 Å². The highest BCUT2D eigenvalue weighted by atomic mass is 32.2. The Kier molecular flexibility index (Phi) is 7.57. The van der Waals surface area contributed by atoms with E-state index in [9.17, 15) is 9.18 Å². The number of carbonyl (C=O) groups is 1. The maximum Gasteiger partial charge on any atom is 0.265 e. The summed E-state index contributed by atoms with van der Waals surface area (Å²) in [5, 5.41) is 1.98. The number of benzene rings is 2. The molecular formula is C27H28FN3OS. The van der Waals surface area contributed by atoms with E-state index in [1.807, 2.05) is 55.3 Å². The van der Waals surface area contributed by atoms with E-state index in [1.54, 1.807) is 36.0 Å². The minimum Gasteiger partial charge on any atom is -0.285 e. The van der Waals surface area contributed by atoms with Crippen LogP contribution in [-0.4, -0.2) is 29.7 Å². The molecule has 0 spiro atoms. The van der Waals surface area contributed by atoms with Crippen LogP contribution in [0, 0.1) is 5.82 Å². The molecule has 2 heterocycles. The van der Waals surface area contributed by atoms with Gasteiger partial charge >= 0.3 is 0 Å². The van der Waals surface area contributed by atoms with E-state index < -0.39 is 0 Å². The lowest BCUT2D eigenvalue weighted by Gasteiger charge is -2.27. The van der Waals surface area contributed by atoms with Crippen molar-refractivity contribution in [3.05, 3.63) is 99.9 Å². The molecule has 170 valence electrons. The number of thioether (sulfide) groups is 1. The molecule has 0 radical (unpaired) electrons. The number of hydrogen-bond donors (Lipinski definition) is 1. The third kappa shape index (κ3) is 5.52. The summed E-state index contributed by atoms with van der Waals surface area (Å²) in [6, 6.07) is 14.6. The first-order chi connectivity index (χ1) is 16.1. The Labute approximate surface area is 199 Å². The molecule has 1 N–H and O–H groups in total. The van der Waals surface area contributed by atoms with Gasteiger partial charge in [-0.1, -0.05) is 60.7 Å². The second-order valence-electron chi connectivity index (χ2n) is 8.07. The van der Waals surface area contributed by atoms with Crippen molar-refractivity contribution in [2.75, 3.05) is 13.1 Å². The molecule has 0 unspecified atom stereocenters. The van der Waals surface area contributed by atoms with Gasteiger partial charge in [0.2, 0.25) is 0 Å². The highest BCUT2D eigenvalue weighted by Gasteiger charge is 2.21. The SMILES string of the molecule is C/C=C\C(=C/C1=C(C)Sc2ccccc2C(c2ccccc2F)=N1)C(=O)NN1CCCCC1. The number of nitrogens with zero attached hydrogens (tertiary/aromatic N) is 2. The van der Waals surface area contributed by atoms with Gasteiger partial charge in [-0.3, -0.25) is 10.2 Å². The summed E-state index contributed by atoms with van der Waals surface area (Å²) in [7, 11) is 0. The number of halogens is 1. The van der Waals surface area contributed by atoms with Crippen molar-refractivity contribution in [1.29, 1.82) is 0 Å². The van der Waals surface area contributed by atoms with Gasteiger partial charge < -0.3 is 0 Å². The lowest BCUT2D eigenvalue weighted by atomic mass is 10.0. The van der Waals surface area contributed by atoms with Gasteiger partial charge in [0.15, 0.2) is 0 Å². The summed E-state index contributed by atoms with van der Waals surface area (Å²) < 4.78 is 14.8. The Balaban J connectivity index is 1.77. The summed E-state index contributed by atoms with van der Waals surface area (Å²) in [4.78, 5) is 19.9. The zero-order chi connectivity index (χ0) is 23.2. The van der Waals surface area contributed by atoms with Gasteiger partial charge in [-0.15, -0.1) is 0 Å². The van der Waals surface area contributed by atoms with Crippen LogP contribution < -0.4 is 5.43 Å². The van der Waals surface area contributed by atoms with Crippen LogP contribution in [0.25, 0.3) is 0 Å². The average Bonchev–Trinajstić information content (AvgIpc) is 2.96. The first-order valence-corrected chi connectivity index (χ1v) is 12.1. The molecule has 0 aromatic heterocycles. The number of piperidine rings is 1. The van der Waals surface area contributed by atoms with Crippen LogP contribution >= 0.6 is 11.8 Å². The molecule has 1 saturated heterocycles. The third-order valence-corrected chi connectivity index (χ3v) is 6.73. The van der Waals surface area contributed by atoms with Gasteiger partial charge in [-0.05, 0) is 51.0 Å². The molecule has 0 atom stereocenters. The van der Waals surface area contributed by atoms with Crippen molar-refractivity contribution in [1.82, 2.24) is 10.4 Å². The maximum absolute atomic E-state index is 14.8. The maximum atomic E-state index is 14.8. The lowest BCUT2D eigenvalue weighted by Crippen LogP contribution is -2.45. The summed E-state index contributed by atoms with van der Waals surface area (Å²) in [5.74, 6) is -0.486. The second-order valence-corrected chi connectivity index (χ2v) is 9.32. The van der Waals surface area contributed by atoms with Crippen molar-refractivity contribution < 1.29 is 9.18 Å². The van der Waals surface area contributed by atoms with Crippen LogP contribution in [0.1, 0.15) is 44.2 Å². The molecule has 0 bridgehead atoms. The number of rotatable bonds is 5. The van der Waals surface area contributed by atoms with Gasteiger partial charge in [-0.2, -0.15) is 0 Å². The summed E-state index contributed by atoms with van der Waals surface area (Å²) in [6.07, 6.45) is 8.80. The number of allylic oxidation sites excluding steroid dienone is 3. The molecular weight excluding hydrogens is 433 g/mol. The molecule has 2 aliphatic heterocycles. The van der Waals surface area contributed by atoms with Crippen molar-refractivity contribution >= 4 is 23.4 Å². The minimum absolute atomic E-state index is 0.162. The monoisotopic (exact) mass is 461 g/mol. The first-order valence-electron chi connectivity index (χ1n) is 11.3. The molecule has 2 aromatic rings. The Morgan fingerprint density at radius 1 is 1.06 bits per heavy atom. The fourth-order valence-corrected chi connectivity index (χ4v) is 4.91. The van der Waals surface area contributed by atoms with Crippen LogP contribution in [-0.2, 0) is 4.79 Å². The van der Waals surface area contributed by atoms with Crippen LogP contribution in [0.5, 0.6) is 0 Å². The number of amides is 1. The van der Waals surface area contributed by atoms with Crippen molar-refractivity contribution in [2.45, 2.75) is 38.0 Å². The number of hydrogen-bond acceptors (Lipinski definition) is 4. The van der Waals surface area contributed by atoms with Gasteiger partial charge in [-0.25, -0.2) is 14.4 Å². The minimum atomic E-state index is -0.324. The molecule has 2 aromatic carbocycles. The zero-order valence-corrected chi connectivity index (χ0v) is 19.8. The zero-order valence-electron chi connectivity index (χ0n) is 19.0. The molecule has 4 nitrogen and oxygen atoms in total. The number of carbonyl (C=O) groups excluding carboxylic acids is 1. The van der Waals surface area contributed by atoms with E-state index in [4.69, 9.17) is 4.99 Å². The Hall–Kier alpha value is -2.96. The molecule has 0 saturated carbocycles. The van der Waals surface area contributed by atoms with Gasteiger partial charge in [0.1, 0.15) is 5.82 Å². The van der Waals surface area contributed by atoms with Crippen LogP contribution in [0.15, 0.2) is 92.8 Å². The van der Waals surface area contributed by atoms with E-state index in [0.717, 1.165) is 41.3 Å². The summed E-state index contributed by atoms with van der Waals surface area (Å²) in [6.45, 7) is 5.58. The quantitative estimate of drug-likeness (QED) is 0.437. The molecule has 33 heavy (non-hydrogen) atoms. The van der Waals surface area contributed by atoms with Crippen molar-refractivity contribution in [3.8, 4) is 0 Å². The van der Waals surface area contributed by atoms with Crippen LogP contribution in [0.3, 0.4) is 0 Å². The summed E-state index contributed by atoms with van der Waals surface area (Å²) in [5.41, 5.74) is 6.08. The first kappa shape index (κ1) is 23.2. The number of fused-ring (bicyclic) bond motifs is 1. The van der Waals surface area contributed by atoms with Crippen LogP contribution in [0.2, 0.25) is 0 Å². The highest BCUT2D eigenvalue weighted by Crippen LogP contribution is 2.37. The molecule has 1 fully saturated rings. The average molecular weight is 462 g/mol. The standard InChI is InChI=1S/C27H28FN3OS/c1-3-11-20(27(32)30-31-16-9-4-10-17-31)18-24-19(2)33-25-15-8-6-13-22(25)26(29-24)21-12-5-7-14-23(21)28/h3,5-8,11-15,18H,4,9-10,16-17H2,1-2H3,(H,30,32)/b11-3-,20-18+. The molecule has 0 aliphatic carbocycles. The molecule has 6 heteroatoms. The van der Waals surface area contributed by atoms with E-state index >= 15 is 0 Å². The van der Waals surface area contributed by atoms with Crippen molar-refractivity contribution in [2.24, 2.45) is 4.99 Å². The van der Waals surface area contributed by atoms with Crippen LogP contribution in [0.4, 0.5) is 4.39 Å². The Morgan fingerprint density at radius 3 is 2.48 bits per heavy atom. The van der Waals surface area contributed by atoms with E-state index in [0.29, 0.717) is 22.5 Å². The highest BCUT2D eigenvalue weighted by molar-refractivity contribution is 8.03. The molecule has 4 rings (SSSR count). The number of hydrazine groups is 1. The normalized spacial score (nSPS) is 17.5. The topological polar surface area (TPSA) is 44.7 Å². The van der Waals surface area contributed by atoms with E-state index in [2.05, 4.69) is 5.43 Å². The molecule has 1 amide bonds. The smallest absolute Gasteiger partial charge is 0.265 e. The Bertz CT molecular complexity index is 1160. The largest absolute Gasteiger partial charge is 0.285 e. The third-order valence-electron chi connectivity index (χ3n) is 5.64. The lowest BCUT2D eigenvalue weighted by molar-refractivity contribution is -0.122. The number of nitrogens with one attached hydrogen (secondary N) is 1. The Morgan fingerprint density at radius 2 is 1.76 bits per heavy atom. The predicted molar refractivity (Wildman–Crippen MR) is 134 cm³/mol. The fraction of sp³-hybridized carbons (Fsp3) is 0.259. The summed E-state index contributed by atoms with van der Waals surface area (Å²) >= 11 is 1.58. The molecule has 2 aliphatic rings. The van der Waals surface area contributed by atoms with Gasteiger partial charge in [0.25, 0.3) is 5.91 Å². The predicted octanol–water partition coefficient (Wildman–Crippen LogP) is 6.02. The number of aliphatic imine (C=N–C) groups is 1. The van der Waals surface area contributed by atoms with E-state index in [1.165, 1.54) is 12.5 Å². The van der Waals surface area contributed by atoms with Crippen molar-refractivity contribution in [3.63, 3.8) is 0 Å². The second kappa shape index (κ2) is 10.8.